The molecule has 2 amide bonds. The minimum Gasteiger partial charge on any atom is -0.481 e. The topological polar surface area (TPSA) is 104 Å². The van der Waals surface area contributed by atoms with Crippen molar-refractivity contribution in [3.8, 4) is 0 Å². The lowest BCUT2D eigenvalue weighted by atomic mass is 9.72. The molecule has 1 saturated carbocycles. The van der Waals surface area contributed by atoms with E-state index >= 15 is 0 Å². The van der Waals surface area contributed by atoms with E-state index in [2.05, 4.69) is 20.3 Å². The number of hydrogen-bond acceptors (Lipinski definition) is 4. The van der Waals surface area contributed by atoms with Gasteiger partial charge < -0.3 is 20.3 Å². The first kappa shape index (κ1) is 15.3. The van der Waals surface area contributed by atoms with E-state index in [-0.39, 0.29) is 24.4 Å². The number of rotatable bonds is 6. The van der Waals surface area contributed by atoms with Gasteiger partial charge in [0.2, 0.25) is 0 Å². The summed E-state index contributed by atoms with van der Waals surface area (Å²) in [4.78, 5) is 22.8. The molecule has 0 spiro atoms. The molecular formula is C14H21N3O4. The van der Waals surface area contributed by atoms with Crippen molar-refractivity contribution >= 4 is 12.0 Å². The third kappa shape index (κ3) is 4.77. The summed E-state index contributed by atoms with van der Waals surface area (Å²) in [6.07, 6.45) is 6.44. The highest BCUT2D eigenvalue weighted by Gasteiger charge is 2.34. The van der Waals surface area contributed by atoms with E-state index in [1.165, 1.54) is 6.26 Å². The number of nitrogens with one attached hydrogen (secondary N) is 2. The number of carboxylic acid groups (broad SMARTS) is 1. The third-order valence-electron chi connectivity index (χ3n) is 3.99. The van der Waals surface area contributed by atoms with Crippen LogP contribution in [0.3, 0.4) is 0 Å². The van der Waals surface area contributed by atoms with E-state index in [0.717, 1.165) is 32.1 Å². The zero-order valence-corrected chi connectivity index (χ0v) is 11.9. The van der Waals surface area contributed by atoms with Gasteiger partial charge in [0.25, 0.3) is 0 Å². The van der Waals surface area contributed by atoms with Crippen molar-refractivity contribution in [2.24, 2.45) is 5.41 Å². The maximum atomic E-state index is 11.8. The molecule has 2 rings (SSSR count). The van der Waals surface area contributed by atoms with E-state index in [1.54, 1.807) is 6.07 Å². The van der Waals surface area contributed by atoms with Gasteiger partial charge in [-0.1, -0.05) is 24.4 Å². The Hall–Kier alpha value is -2.05. The van der Waals surface area contributed by atoms with Crippen molar-refractivity contribution in [1.82, 2.24) is 15.8 Å². The summed E-state index contributed by atoms with van der Waals surface area (Å²) in [6.45, 7) is 0.679. The fourth-order valence-electron chi connectivity index (χ4n) is 2.87. The molecule has 1 aliphatic rings. The molecule has 7 heteroatoms. The van der Waals surface area contributed by atoms with E-state index in [0.29, 0.717) is 12.2 Å². The lowest BCUT2D eigenvalue weighted by Gasteiger charge is -2.36. The Labute approximate surface area is 123 Å². The molecule has 0 aliphatic heterocycles. The second-order valence-electron chi connectivity index (χ2n) is 5.66. The zero-order chi connectivity index (χ0) is 15.1. The Bertz CT molecular complexity index is 467. The Balaban J connectivity index is 1.80. The van der Waals surface area contributed by atoms with Crippen LogP contribution in [0.2, 0.25) is 0 Å². The van der Waals surface area contributed by atoms with Crippen LogP contribution in [0.1, 0.15) is 44.2 Å². The number of carbonyl (C=O) groups excluding carboxylic acids is 1. The normalized spacial score (nSPS) is 17.1. The molecule has 0 saturated heterocycles. The maximum Gasteiger partial charge on any atom is 0.315 e. The van der Waals surface area contributed by atoms with E-state index < -0.39 is 5.97 Å². The van der Waals surface area contributed by atoms with Crippen LogP contribution in [-0.4, -0.2) is 28.8 Å². The number of urea groups is 1. The zero-order valence-electron chi connectivity index (χ0n) is 11.9. The first-order chi connectivity index (χ1) is 10.1. The molecule has 1 fully saturated rings. The Morgan fingerprint density at radius 3 is 2.67 bits per heavy atom. The first-order valence-corrected chi connectivity index (χ1v) is 7.22. The van der Waals surface area contributed by atoms with Crippen molar-refractivity contribution < 1.29 is 19.2 Å². The molecule has 1 heterocycles. The van der Waals surface area contributed by atoms with E-state index in [1.807, 2.05) is 0 Å². The van der Waals surface area contributed by atoms with Gasteiger partial charge in [0.15, 0.2) is 0 Å². The molecule has 1 aromatic heterocycles. The number of carboxylic acids is 1. The summed E-state index contributed by atoms with van der Waals surface area (Å²) < 4.78 is 4.67. The van der Waals surface area contributed by atoms with Crippen LogP contribution < -0.4 is 10.6 Å². The van der Waals surface area contributed by atoms with Gasteiger partial charge in [0.05, 0.1) is 13.0 Å². The lowest BCUT2D eigenvalue weighted by Crippen LogP contribution is -2.44. The summed E-state index contributed by atoms with van der Waals surface area (Å²) in [5, 5.41) is 18.2. The number of aromatic nitrogens is 1. The van der Waals surface area contributed by atoms with E-state index in [9.17, 15) is 9.59 Å². The van der Waals surface area contributed by atoms with Crippen molar-refractivity contribution in [2.75, 3.05) is 6.54 Å². The number of carbonyl (C=O) groups is 2. The molecular weight excluding hydrogens is 274 g/mol. The summed E-state index contributed by atoms with van der Waals surface area (Å²) in [7, 11) is 0. The molecule has 0 bridgehead atoms. The van der Waals surface area contributed by atoms with E-state index in [4.69, 9.17) is 5.11 Å². The molecule has 7 nitrogen and oxygen atoms in total. The summed E-state index contributed by atoms with van der Waals surface area (Å²) in [6, 6.07) is 1.36. The average molecular weight is 295 g/mol. The molecule has 21 heavy (non-hydrogen) atoms. The standard InChI is InChI=1S/C14H21N3O4/c18-12(19)8-14(5-2-1-3-6-14)10-16-13(20)15-9-11-4-7-21-17-11/h4,7H,1-3,5-6,8-10H2,(H,18,19)(H2,15,16,20). The first-order valence-electron chi connectivity index (χ1n) is 7.22. The number of nitrogens with zero attached hydrogens (tertiary/aromatic N) is 1. The highest BCUT2D eigenvalue weighted by molar-refractivity contribution is 5.74. The Kier molecular flexibility index (Phi) is 5.19. The van der Waals surface area contributed by atoms with Crippen LogP contribution in [0, 0.1) is 5.41 Å². The minimum absolute atomic E-state index is 0.108. The summed E-state index contributed by atoms with van der Waals surface area (Å²) >= 11 is 0. The third-order valence-corrected chi connectivity index (χ3v) is 3.99. The fourth-order valence-corrected chi connectivity index (χ4v) is 2.87. The molecule has 1 aromatic rings. The van der Waals surface area contributed by atoms with Gasteiger partial charge in [-0.3, -0.25) is 4.79 Å². The second kappa shape index (κ2) is 7.10. The van der Waals surface area contributed by atoms with Gasteiger partial charge in [-0.25, -0.2) is 4.79 Å². The number of aliphatic carboxylic acids is 1. The van der Waals surface area contributed by atoms with Crippen LogP contribution in [0.25, 0.3) is 0 Å². The number of hydrogen-bond donors (Lipinski definition) is 3. The van der Waals surface area contributed by atoms with Gasteiger partial charge in [-0.05, 0) is 18.3 Å². The molecule has 1 aliphatic carbocycles. The van der Waals surface area contributed by atoms with Gasteiger partial charge >= 0.3 is 12.0 Å². The van der Waals surface area contributed by atoms with Gasteiger partial charge in [0.1, 0.15) is 12.0 Å². The fraction of sp³-hybridized carbons (Fsp3) is 0.643. The average Bonchev–Trinajstić information content (AvgIpc) is 2.96. The summed E-state index contributed by atoms with van der Waals surface area (Å²) in [5.41, 5.74) is 0.332. The SMILES string of the molecule is O=C(O)CC1(CNC(=O)NCc2ccon2)CCCCC1. The Morgan fingerprint density at radius 1 is 1.29 bits per heavy atom. The van der Waals surface area contributed by atoms with Crippen molar-refractivity contribution in [3.63, 3.8) is 0 Å². The van der Waals surface area contributed by atoms with Crippen LogP contribution in [-0.2, 0) is 11.3 Å². The molecule has 3 N–H and O–H groups in total. The van der Waals surface area contributed by atoms with Crippen molar-refractivity contribution in [1.29, 1.82) is 0 Å². The monoisotopic (exact) mass is 295 g/mol. The van der Waals surface area contributed by atoms with Gasteiger partial charge in [-0.2, -0.15) is 0 Å². The molecule has 0 radical (unpaired) electrons. The largest absolute Gasteiger partial charge is 0.481 e. The summed E-state index contributed by atoms with van der Waals surface area (Å²) in [5.74, 6) is -0.804. The second-order valence-corrected chi connectivity index (χ2v) is 5.66. The predicted octanol–water partition coefficient (Wildman–Crippen LogP) is 1.90. The van der Waals surface area contributed by atoms with Crippen LogP contribution in [0.5, 0.6) is 0 Å². The van der Waals surface area contributed by atoms with Gasteiger partial charge in [0, 0.05) is 12.6 Å². The highest BCUT2D eigenvalue weighted by atomic mass is 16.5. The molecule has 0 unspecified atom stereocenters. The maximum absolute atomic E-state index is 11.8. The molecule has 116 valence electrons. The molecule has 0 atom stereocenters. The Morgan fingerprint density at radius 2 is 2.05 bits per heavy atom. The quantitative estimate of drug-likeness (QED) is 0.743. The molecule has 0 aromatic carbocycles. The van der Waals surface area contributed by atoms with Crippen molar-refractivity contribution in [3.05, 3.63) is 18.0 Å². The van der Waals surface area contributed by atoms with Crippen molar-refractivity contribution in [2.45, 2.75) is 45.1 Å². The van der Waals surface area contributed by atoms with Gasteiger partial charge in [-0.15, -0.1) is 0 Å². The predicted molar refractivity (Wildman–Crippen MR) is 74.5 cm³/mol. The lowest BCUT2D eigenvalue weighted by molar-refractivity contribution is -0.140. The highest BCUT2D eigenvalue weighted by Crippen LogP contribution is 2.38. The smallest absolute Gasteiger partial charge is 0.315 e. The minimum atomic E-state index is -0.804. The van der Waals surface area contributed by atoms with Crippen LogP contribution in [0.4, 0.5) is 4.79 Å². The van der Waals surface area contributed by atoms with Crippen LogP contribution >= 0.6 is 0 Å². The number of amides is 2. The van der Waals surface area contributed by atoms with Crippen LogP contribution in [0.15, 0.2) is 16.9 Å².